The summed E-state index contributed by atoms with van der Waals surface area (Å²) >= 11 is 0. The van der Waals surface area contributed by atoms with E-state index in [9.17, 15) is 4.39 Å². The topological polar surface area (TPSA) is 55.0 Å². The minimum absolute atomic E-state index is 0.196. The minimum atomic E-state index is -0.245. The Morgan fingerprint density at radius 3 is 1.70 bits per heavy atom. The van der Waals surface area contributed by atoms with Crippen molar-refractivity contribution >= 4 is 5.70 Å². The van der Waals surface area contributed by atoms with E-state index < -0.39 is 0 Å². The van der Waals surface area contributed by atoms with E-state index >= 15 is 0 Å². The van der Waals surface area contributed by atoms with Crippen LogP contribution in [0.15, 0.2) is 136 Å². The first kappa shape index (κ1) is 65.7. The molecule has 4 N–H and O–H groups in total. The van der Waals surface area contributed by atoms with Crippen molar-refractivity contribution < 1.29 is 4.39 Å². The molecule has 1 aromatic heterocycles. The maximum atomic E-state index is 14.3. The van der Waals surface area contributed by atoms with Crippen molar-refractivity contribution in [3.63, 3.8) is 0 Å². The fraction of sp³-hybridized carbons (Fsp3) is 0.508. The summed E-state index contributed by atoms with van der Waals surface area (Å²) in [7, 11) is 0. The van der Waals surface area contributed by atoms with Crippen LogP contribution in [0.5, 0.6) is 0 Å². The van der Waals surface area contributed by atoms with Crippen molar-refractivity contribution in [2.45, 2.75) is 167 Å². The molecular formula is C61H101FN4. The zero-order valence-corrected chi connectivity index (χ0v) is 45.2. The van der Waals surface area contributed by atoms with Crippen LogP contribution < -0.4 is 16.4 Å². The van der Waals surface area contributed by atoms with Gasteiger partial charge in [-0.2, -0.15) is 0 Å². The summed E-state index contributed by atoms with van der Waals surface area (Å²) < 4.78 is 16.8. The van der Waals surface area contributed by atoms with Gasteiger partial charge in [0.1, 0.15) is 5.82 Å². The maximum Gasteiger partial charge on any atom is 0.123 e. The van der Waals surface area contributed by atoms with E-state index in [0.717, 1.165) is 96.8 Å². The summed E-state index contributed by atoms with van der Waals surface area (Å²) in [5.74, 6) is 2.33. The Labute approximate surface area is 408 Å². The highest BCUT2D eigenvalue weighted by Crippen LogP contribution is 2.45. The van der Waals surface area contributed by atoms with E-state index in [1.165, 1.54) is 37.0 Å². The molecule has 0 aliphatic carbocycles. The molecule has 0 aliphatic rings. The fourth-order valence-electron chi connectivity index (χ4n) is 7.80. The van der Waals surface area contributed by atoms with Gasteiger partial charge in [-0.1, -0.05) is 178 Å². The van der Waals surface area contributed by atoms with E-state index in [4.69, 9.17) is 5.73 Å². The second kappa shape index (κ2) is 40.6. The first-order chi connectivity index (χ1) is 31.5. The molecular weight excluding hydrogens is 808 g/mol. The number of allylic oxidation sites excluding steroid dienone is 5. The van der Waals surface area contributed by atoms with Gasteiger partial charge >= 0.3 is 0 Å². The molecule has 0 saturated carbocycles. The van der Waals surface area contributed by atoms with Crippen molar-refractivity contribution in [3.05, 3.63) is 153 Å². The number of nitrogens with two attached hydrogens (primary N) is 1. The van der Waals surface area contributed by atoms with E-state index in [0.29, 0.717) is 23.7 Å². The average molecular weight is 910 g/mol. The molecule has 5 heteroatoms. The van der Waals surface area contributed by atoms with Gasteiger partial charge in [-0.05, 0) is 129 Å². The first-order valence-corrected chi connectivity index (χ1v) is 25.2. The predicted molar refractivity (Wildman–Crippen MR) is 300 cm³/mol. The lowest BCUT2D eigenvalue weighted by Crippen LogP contribution is -2.19. The van der Waals surface area contributed by atoms with Crippen molar-refractivity contribution in [3.8, 4) is 22.4 Å². The highest BCUT2D eigenvalue weighted by Gasteiger charge is 2.28. The summed E-state index contributed by atoms with van der Waals surface area (Å²) in [5.41, 5.74) is 15.4. The van der Waals surface area contributed by atoms with Gasteiger partial charge in [0.15, 0.2) is 0 Å². The van der Waals surface area contributed by atoms with Crippen LogP contribution in [0, 0.1) is 29.5 Å². The number of hydrogen-bond donors (Lipinski definition) is 3. The third-order valence-electron chi connectivity index (χ3n) is 10.4. The van der Waals surface area contributed by atoms with Crippen molar-refractivity contribution in [2.24, 2.45) is 29.4 Å². The number of unbranched alkanes of at least 4 members (excludes halogenated alkanes) is 1. The zero-order valence-electron chi connectivity index (χ0n) is 45.2. The van der Waals surface area contributed by atoms with E-state index in [1.807, 2.05) is 45.0 Å². The van der Waals surface area contributed by atoms with Gasteiger partial charge in [0, 0.05) is 47.0 Å². The number of benzene rings is 2. The Hall–Kier alpha value is -4.61. The molecule has 66 heavy (non-hydrogen) atoms. The lowest BCUT2D eigenvalue weighted by Gasteiger charge is -2.23. The second-order valence-corrected chi connectivity index (χ2v) is 17.8. The molecule has 0 spiro atoms. The molecule has 0 unspecified atom stereocenters. The van der Waals surface area contributed by atoms with Crippen LogP contribution in [0.3, 0.4) is 0 Å². The third-order valence-corrected chi connectivity index (χ3v) is 10.4. The Bertz CT molecular complexity index is 1760. The molecule has 0 aliphatic heterocycles. The number of hydrogen-bond acceptors (Lipinski definition) is 3. The Balaban J connectivity index is -0.00000252. The highest BCUT2D eigenvalue weighted by molar-refractivity contribution is 5.93. The van der Waals surface area contributed by atoms with Gasteiger partial charge in [0.05, 0.1) is 5.69 Å². The quantitative estimate of drug-likeness (QED) is 0.0620. The molecule has 4 atom stereocenters. The van der Waals surface area contributed by atoms with Crippen molar-refractivity contribution in [1.29, 1.82) is 0 Å². The summed E-state index contributed by atoms with van der Waals surface area (Å²) in [6.07, 6.45) is 15.9. The van der Waals surface area contributed by atoms with E-state index in [-0.39, 0.29) is 11.7 Å². The predicted octanol–water partition coefficient (Wildman–Crippen LogP) is 18.5. The van der Waals surface area contributed by atoms with Gasteiger partial charge in [-0.3, -0.25) is 0 Å². The number of aromatic nitrogens is 1. The minimum Gasteiger partial charge on any atom is -0.389 e. The maximum absolute atomic E-state index is 14.3. The Morgan fingerprint density at radius 1 is 0.742 bits per heavy atom. The smallest absolute Gasteiger partial charge is 0.123 e. The number of nitrogens with one attached hydrogen (secondary N) is 2. The monoisotopic (exact) mass is 909 g/mol. The van der Waals surface area contributed by atoms with Gasteiger partial charge in [-0.15, -0.1) is 19.7 Å². The van der Waals surface area contributed by atoms with Crippen LogP contribution in [0.4, 0.5) is 4.39 Å². The van der Waals surface area contributed by atoms with Crippen molar-refractivity contribution in [2.75, 3.05) is 13.1 Å². The van der Waals surface area contributed by atoms with E-state index in [1.54, 1.807) is 24.3 Å². The molecule has 4 nitrogen and oxygen atoms in total. The summed E-state index contributed by atoms with van der Waals surface area (Å²) in [4.78, 5) is 0. The fourth-order valence-corrected chi connectivity index (χ4v) is 7.80. The summed E-state index contributed by atoms with van der Waals surface area (Å²) in [5, 5.41) is 7.15. The van der Waals surface area contributed by atoms with E-state index in [2.05, 4.69) is 162 Å². The standard InChI is InChI=1S/C48H66FN3.C4H10.C3H8.C2H7N.C2H6.C2H4/c1-13-18-44(14-2)51-40(12)45-46(41-19-16-15-17-20-41)48(42-21-23-43(49)24-22-42)52(47(45)34(5)6)28-26-36(8)31-38(10)32-39(11)50-27-25-35(7)30-37(9)29-33(3)4;1-3-4-2;1-3-2;1-2-3;2*1-2/h13-24,34-38,50-51H,1-3,11-12,25-32H2,4-10H3;3-4H2,1-2H3;3H2,1-2H3;2-3H2,1H3;1-2H3;1-2H2/b44-18+;;;;;/t35-,36-,37+,38-;;;;;/m1...../s1. The van der Waals surface area contributed by atoms with Crippen LogP contribution in [0.25, 0.3) is 28.1 Å². The lowest BCUT2D eigenvalue weighted by molar-refractivity contribution is 0.365. The first-order valence-electron chi connectivity index (χ1n) is 25.2. The summed E-state index contributed by atoms with van der Waals surface area (Å²) in [6, 6.07) is 17.4. The van der Waals surface area contributed by atoms with Crippen LogP contribution in [0.2, 0.25) is 0 Å². The molecule has 0 amide bonds. The molecule has 0 bridgehead atoms. The Morgan fingerprint density at radius 2 is 1.24 bits per heavy atom. The highest BCUT2D eigenvalue weighted by atomic mass is 19.1. The molecule has 372 valence electrons. The van der Waals surface area contributed by atoms with Gasteiger partial charge in [0.25, 0.3) is 0 Å². The van der Waals surface area contributed by atoms with Crippen LogP contribution in [-0.2, 0) is 6.54 Å². The van der Waals surface area contributed by atoms with Crippen LogP contribution in [-0.4, -0.2) is 17.7 Å². The molecule has 0 fully saturated rings. The lowest BCUT2D eigenvalue weighted by atomic mass is 9.90. The van der Waals surface area contributed by atoms with Gasteiger partial charge < -0.3 is 20.9 Å². The number of rotatable bonds is 24. The van der Waals surface area contributed by atoms with Crippen LogP contribution >= 0.6 is 0 Å². The molecule has 3 rings (SSSR count). The molecule has 1 heterocycles. The SMILES string of the molecule is C=C.C=C/C=C(\C=C)NC(=C)c1c(-c2ccccc2)c(-c2ccc(F)cc2)n(CC[C@@H](C)C[C@@H](C)CC(=C)NCC[C@@H](C)C[C@@H](C)CC(=C)C)c1C(C)C.CC.CCC.CCCC.CCN. The van der Waals surface area contributed by atoms with Crippen molar-refractivity contribution in [1.82, 2.24) is 15.2 Å². The molecule has 2 aromatic carbocycles. The van der Waals surface area contributed by atoms with Gasteiger partial charge in [-0.25, -0.2) is 4.39 Å². The summed E-state index contributed by atoms with van der Waals surface area (Å²) in [6.45, 7) is 60.0. The van der Waals surface area contributed by atoms with Gasteiger partial charge in [0.2, 0.25) is 0 Å². The number of nitrogens with zero attached hydrogens (tertiary/aromatic N) is 1. The Kier molecular flexibility index (Phi) is 40.4. The average Bonchev–Trinajstić information content (AvgIpc) is 3.63. The molecule has 0 saturated heterocycles. The third kappa shape index (κ3) is 27.1. The second-order valence-electron chi connectivity index (χ2n) is 17.8. The number of halogens is 1. The largest absolute Gasteiger partial charge is 0.389 e. The molecule has 3 aromatic rings. The molecule has 0 radical (unpaired) electrons. The van der Waals surface area contributed by atoms with Crippen LogP contribution in [0.1, 0.15) is 172 Å². The zero-order chi connectivity index (χ0) is 51.2. The normalized spacial score (nSPS) is 12.2.